The fourth-order valence-corrected chi connectivity index (χ4v) is 2.38. The third-order valence-electron chi connectivity index (χ3n) is 3.56. The fourth-order valence-electron chi connectivity index (χ4n) is 2.38. The molecule has 3 rings (SSSR count). The summed E-state index contributed by atoms with van der Waals surface area (Å²) in [6.07, 6.45) is 3.79. The lowest BCUT2D eigenvalue weighted by atomic mass is 10.1. The van der Waals surface area contributed by atoms with E-state index in [1.807, 2.05) is 60.7 Å². The summed E-state index contributed by atoms with van der Waals surface area (Å²) in [5, 5.41) is 0.765. The molecule has 0 aliphatic carbocycles. The number of benzene rings is 2. The van der Waals surface area contributed by atoms with Gasteiger partial charge in [0.1, 0.15) is 5.75 Å². The van der Waals surface area contributed by atoms with Gasteiger partial charge in [0.15, 0.2) is 0 Å². The zero-order valence-electron chi connectivity index (χ0n) is 12.7. The van der Waals surface area contributed by atoms with E-state index in [4.69, 9.17) is 10.5 Å². The number of nitrogens with two attached hydrogens (primary N) is 1. The number of para-hydroxylation sites is 1. The first-order valence-corrected chi connectivity index (χ1v) is 7.19. The Labute approximate surface area is 134 Å². The number of hydrogen-bond donors (Lipinski definition) is 1. The first-order chi connectivity index (χ1) is 11.2. The minimum atomic E-state index is -0.456. The lowest BCUT2D eigenvalue weighted by Gasteiger charge is -2.05. The van der Waals surface area contributed by atoms with Gasteiger partial charge in [0.05, 0.1) is 23.9 Å². The molecular formula is C19H16N2O2. The molecule has 0 unspecified atom stereocenters. The van der Waals surface area contributed by atoms with Crippen LogP contribution in [0.25, 0.3) is 23.1 Å². The van der Waals surface area contributed by atoms with Crippen LogP contribution in [0, 0.1) is 0 Å². The molecule has 0 atom stereocenters. The molecule has 2 aromatic carbocycles. The smallest absolute Gasteiger partial charge is 0.249 e. The molecular weight excluding hydrogens is 288 g/mol. The molecule has 1 amide bonds. The van der Waals surface area contributed by atoms with Crippen molar-refractivity contribution in [2.75, 3.05) is 7.11 Å². The van der Waals surface area contributed by atoms with E-state index < -0.39 is 5.91 Å². The Bertz CT molecular complexity index is 884. The molecule has 1 aromatic heterocycles. The predicted molar refractivity (Wildman–Crippen MR) is 92.2 cm³/mol. The normalized spacial score (nSPS) is 11.0. The van der Waals surface area contributed by atoms with Crippen molar-refractivity contribution in [3.8, 4) is 5.75 Å². The minimum absolute atomic E-state index is 0.456. The summed E-state index contributed by atoms with van der Waals surface area (Å²) in [4.78, 5) is 16.2. The summed E-state index contributed by atoms with van der Waals surface area (Å²) in [5.74, 6) is 0.352. The van der Waals surface area contributed by atoms with Crippen LogP contribution in [0.3, 0.4) is 0 Å². The van der Waals surface area contributed by atoms with E-state index >= 15 is 0 Å². The van der Waals surface area contributed by atoms with Gasteiger partial charge >= 0.3 is 0 Å². The number of hydrogen-bond acceptors (Lipinski definition) is 3. The van der Waals surface area contributed by atoms with Gasteiger partial charge < -0.3 is 10.5 Å². The summed E-state index contributed by atoms with van der Waals surface area (Å²) < 4.78 is 5.13. The van der Waals surface area contributed by atoms with Gasteiger partial charge in [-0.3, -0.25) is 4.79 Å². The molecule has 0 radical (unpaired) electrons. The van der Waals surface area contributed by atoms with Crippen LogP contribution in [-0.2, 0) is 0 Å². The van der Waals surface area contributed by atoms with Crippen LogP contribution in [0.2, 0.25) is 0 Å². The quantitative estimate of drug-likeness (QED) is 0.802. The Hall–Kier alpha value is -3.14. The molecule has 0 aliphatic heterocycles. The SMILES string of the molecule is COc1ccc(C=Cc2cc(C(N)=O)c3ccccc3n2)cc1. The molecule has 0 fully saturated rings. The number of methoxy groups -OCH3 is 1. The Morgan fingerprint density at radius 1 is 1.09 bits per heavy atom. The molecule has 2 N–H and O–H groups in total. The van der Waals surface area contributed by atoms with E-state index in [-0.39, 0.29) is 0 Å². The standard InChI is InChI=1S/C19H16N2O2/c1-23-15-10-7-13(8-11-15)6-9-14-12-17(19(20)22)16-4-2-3-5-18(16)21-14/h2-12H,1H3,(H2,20,22). The largest absolute Gasteiger partial charge is 0.497 e. The molecule has 0 saturated heterocycles. The lowest BCUT2D eigenvalue weighted by molar-refractivity contribution is 0.100. The highest BCUT2D eigenvalue weighted by Gasteiger charge is 2.08. The highest BCUT2D eigenvalue weighted by Crippen LogP contribution is 2.20. The number of fused-ring (bicyclic) bond motifs is 1. The fraction of sp³-hybridized carbons (Fsp3) is 0.0526. The van der Waals surface area contributed by atoms with Crippen LogP contribution in [-0.4, -0.2) is 18.0 Å². The van der Waals surface area contributed by atoms with E-state index in [9.17, 15) is 4.79 Å². The summed E-state index contributed by atoms with van der Waals surface area (Å²) in [5.41, 5.74) is 8.41. The second kappa shape index (κ2) is 6.32. The molecule has 4 nitrogen and oxygen atoms in total. The highest BCUT2D eigenvalue weighted by molar-refractivity contribution is 6.05. The summed E-state index contributed by atoms with van der Waals surface area (Å²) in [7, 11) is 1.63. The number of primary amides is 1. The predicted octanol–water partition coefficient (Wildman–Crippen LogP) is 3.51. The first-order valence-electron chi connectivity index (χ1n) is 7.19. The van der Waals surface area contributed by atoms with Crippen LogP contribution in [0.15, 0.2) is 54.6 Å². The third kappa shape index (κ3) is 3.21. The maximum atomic E-state index is 11.7. The van der Waals surface area contributed by atoms with E-state index in [2.05, 4.69) is 4.98 Å². The summed E-state index contributed by atoms with van der Waals surface area (Å²) in [6, 6.07) is 16.9. The molecule has 23 heavy (non-hydrogen) atoms. The number of ether oxygens (including phenoxy) is 1. The van der Waals surface area contributed by atoms with Crippen molar-refractivity contribution < 1.29 is 9.53 Å². The number of pyridine rings is 1. The van der Waals surface area contributed by atoms with Crippen LogP contribution in [0.5, 0.6) is 5.75 Å². The van der Waals surface area contributed by atoms with Gasteiger partial charge in [0.2, 0.25) is 5.91 Å². The van der Waals surface area contributed by atoms with Crippen molar-refractivity contribution in [2.45, 2.75) is 0 Å². The molecule has 0 spiro atoms. The molecule has 114 valence electrons. The van der Waals surface area contributed by atoms with Crippen molar-refractivity contribution in [1.29, 1.82) is 0 Å². The molecule has 1 heterocycles. The number of nitrogens with zero attached hydrogens (tertiary/aromatic N) is 1. The molecule has 3 aromatic rings. The Balaban J connectivity index is 1.99. The van der Waals surface area contributed by atoms with E-state index in [0.717, 1.165) is 22.2 Å². The third-order valence-corrected chi connectivity index (χ3v) is 3.56. The number of carbonyl (C=O) groups excluding carboxylic acids is 1. The monoisotopic (exact) mass is 304 g/mol. The van der Waals surface area contributed by atoms with Gasteiger partial charge in [-0.15, -0.1) is 0 Å². The van der Waals surface area contributed by atoms with Crippen LogP contribution >= 0.6 is 0 Å². The van der Waals surface area contributed by atoms with Crippen LogP contribution in [0.1, 0.15) is 21.6 Å². The van der Waals surface area contributed by atoms with Gasteiger partial charge in [-0.1, -0.05) is 36.4 Å². The Morgan fingerprint density at radius 2 is 1.83 bits per heavy atom. The Morgan fingerprint density at radius 3 is 2.52 bits per heavy atom. The lowest BCUT2D eigenvalue weighted by Crippen LogP contribution is -2.12. The Kier molecular flexibility index (Phi) is 4.06. The van der Waals surface area contributed by atoms with E-state index in [0.29, 0.717) is 11.3 Å². The van der Waals surface area contributed by atoms with Gasteiger partial charge in [0, 0.05) is 5.39 Å². The second-order valence-corrected chi connectivity index (χ2v) is 5.08. The number of aromatic nitrogens is 1. The van der Waals surface area contributed by atoms with E-state index in [1.165, 1.54) is 0 Å². The van der Waals surface area contributed by atoms with Crippen molar-refractivity contribution in [1.82, 2.24) is 4.98 Å². The van der Waals surface area contributed by atoms with Crippen molar-refractivity contribution in [3.05, 3.63) is 71.4 Å². The van der Waals surface area contributed by atoms with Crippen molar-refractivity contribution >= 4 is 29.0 Å². The maximum Gasteiger partial charge on any atom is 0.249 e. The average Bonchev–Trinajstić information content (AvgIpc) is 2.59. The van der Waals surface area contributed by atoms with Crippen molar-refractivity contribution in [2.24, 2.45) is 5.73 Å². The average molecular weight is 304 g/mol. The maximum absolute atomic E-state index is 11.7. The number of rotatable bonds is 4. The summed E-state index contributed by atoms with van der Waals surface area (Å²) in [6.45, 7) is 0. The number of carbonyl (C=O) groups is 1. The zero-order valence-corrected chi connectivity index (χ0v) is 12.7. The highest BCUT2D eigenvalue weighted by atomic mass is 16.5. The molecule has 4 heteroatoms. The molecule has 0 bridgehead atoms. The van der Waals surface area contributed by atoms with Gasteiger partial charge in [-0.05, 0) is 35.9 Å². The number of amides is 1. The zero-order chi connectivity index (χ0) is 16.2. The van der Waals surface area contributed by atoms with E-state index in [1.54, 1.807) is 13.2 Å². The first kappa shape index (κ1) is 14.8. The van der Waals surface area contributed by atoms with Crippen molar-refractivity contribution in [3.63, 3.8) is 0 Å². The van der Waals surface area contributed by atoms with Gasteiger partial charge in [-0.2, -0.15) is 0 Å². The van der Waals surface area contributed by atoms with Crippen LogP contribution in [0.4, 0.5) is 0 Å². The topological polar surface area (TPSA) is 65.2 Å². The second-order valence-electron chi connectivity index (χ2n) is 5.08. The van der Waals surface area contributed by atoms with Gasteiger partial charge in [-0.25, -0.2) is 4.98 Å². The molecule has 0 saturated carbocycles. The molecule has 0 aliphatic rings. The van der Waals surface area contributed by atoms with Crippen LogP contribution < -0.4 is 10.5 Å². The minimum Gasteiger partial charge on any atom is -0.497 e. The summed E-state index contributed by atoms with van der Waals surface area (Å²) >= 11 is 0. The van der Waals surface area contributed by atoms with Gasteiger partial charge in [0.25, 0.3) is 0 Å².